The molecule has 6 nitrogen and oxygen atoms in total. The van der Waals surface area contributed by atoms with Crippen LogP contribution in [0.15, 0.2) is 5.03 Å². The van der Waals surface area contributed by atoms with E-state index in [0.717, 1.165) is 25.7 Å². The molecular formula is C12H21N3O3S. The highest BCUT2D eigenvalue weighted by atomic mass is 32.2. The summed E-state index contributed by atoms with van der Waals surface area (Å²) in [6.07, 6.45) is 5.09. The summed E-state index contributed by atoms with van der Waals surface area (Å²) in [6, 6.07) is 0. The highest BCUT2D eigenvalue weighted by molar-refractivity contribution is 7.89. The first-order chi connectivity index (χ1) is 9.07. The van der Waals surface area contributed by atoms with E-state index in [0.29, 0.717) is 24.3 Å². The van der Waals surface area contributed by atoms with Crippen LogP contribution in [0.25, 0.3) is 0 Å². The molecule has 1 saturated heterocycles. The Kier molecular flexibility index (Phi) is 4.59. The average molecular weight is 287 g/mol. The van der Waals surface area contributed by atoms with Gasteiger partial charge in [0.2, 0.25) is 0 Å². The number of aliphatic hydroxyl groups is 1. The van der Waals surface area contributed by atoms with Gasteiger partial charge in [-0.25, -0.2) is 8.42 Å². The predicted molar refractivity (Wildman–Crippen MR) is 71.1 cm³/mol. The second kappa shape index (κ2) is 6.02. The van der Waals surface area contributed by atoms with Gasteiger partial charge in [0.25, 0.3) is 10.0 Å². The minimum Gasteiger partial charge on any atom is -0.392 e. The zero-order valence-electron chi connectivity index (χ0n) is 11.2. The van der Waals surface area contributed by atoms with Crippen molar-refractivity contribution in [2.75, 3.05) is 13.1 Å². The van der Waals surface area contributed by atoms with Gasteiger partial charge >= 0.3 is 0 Å². The van der Waals surface area contributed by atoms with Crippen LogP contribution >= 0.6 is 0 Å². The second-order valence-electron chi connectivity index (χ2n) is 4.96. The van der Waals surface area contributed by atoms with Crippen molar-refractivity contribution >= 4 is 10.0 Å². The molecular weight excluding hydrogens is 266 g/mol. The SMILES string of the molecule is Cc1[nH]nc(S(=O)(=O)N2CCCCCCC2)c1CO. The first kappa shape index (κ1) is 14.5. The number of aromatic amines is 1. The number of nitrogens with one attached hydrogen (secondary N) is 1. The van der Waals surface area contributed by atoms with Crippen LogP contribution in [0, 0.1) is 6.92 Å². The number of aliphatic hydroxyl groups excluding tert-OH is 1. The minimum atomic E-state index is -3.59. The summed E-state index contributed by atoms with van der Waals surface area (Å²) in [4.78, 5) is 0. The standard InChI is InChI=1S/C12H21N3O3S/c1-10-11(9-16)12(14-13-10)19(17,18)15-7-5-3-2-4-6-8-15/h16H,2-9H2,1H3,(H,13,14). The van der Waals surface area contributed by atoms with Crippen molar-refractivity contribution in [3.05, 3.63) is 11.3 Å². The number of nitrogens with zero attached hydrogens (tertiary/aromatic N) is 2. The van der Waals surface area contributed by atoms with Crippen LogP contribution in [-0.4, -0.2) is 41.1 Å². The number of hydrogen-bond acceptors (Lipinski definition) is 4. The van der Waals surface area contributed by atoms with Gasteiger partial charge in [0, 0.05) is 24.3 Å². The Morgan fingerprint density at radius 2 is 1.79 bits per heavy atom. The molecule has 0 bridgehead atoms. The lowest BCUT2D eigenvalue weighted by molar-refractivity contribution is 0.277. The fourth-order valence-electron chi connectivity index (χ4n) is 2.41. The maximum absolute atomic E-state index is 12.6. The van der Waals surface area contributed by atoms with Crippen LogP contribution in [0.3, 0.4) is 0 Å². The molecule has 7 heteroatoms. The molecule has 0 atom stereocenters. The Labute approximate surface area is 113 Å². The zero-order chi connectivity index (χ0) is 13.9. The van der Waals surface area contributed by atoms with Gasteiger partial charge in [0.15, 0.2) is 5.03 Å². The molecule has 0 saturated carbocycles. The van der Waals surface area contributed by atoms with E-state index in [1.165, 1.54) is 10.7 Å². The molecule has 0 unspecified atom stereocenters. The first-order valence-electron chi connectivity index (χ1n) is 6.72. The van der Waals surface area contributed by atoms with Gasteiger partial charge in [-0.05, 0) is 19.8 Å². The maximum atomic E-state index is 12.6. The smallest absolute Gasteiger partial charge is 0.262 e. The quantitative estimate of drug-likeness (QED) is 0.873. The molecule has 1 aliphatic rings. The highest BCUT2D eigenvalue weighted by Crippen LogP contribution is 2.22. The third-order valence-electron chi connectivity index (χ3n) is 3.59. The van der Waals surface area contributed by atoms with Crippen molar-refractivity contribution in [2.24, 2.45) is 0 Å². The van der Waals surface area contributed by atoms with Crippen molar-refractivity contribution in [3.8, 4) is 0 Å². The first-order valence-corrected chi connectivity index (χ1v) is 8.16. The summed E-state index contributed by atoms with van der Waals surface area (Å²) in [6.45, 7) is 2.48. The summed E-state index contributed by atoms with van der Waals surface area (Å²) in [7, 11) is -3.59. The summed E-state index contributed by atoms with van der Waals surface area (Å²) < 4.78 is 26.7. The number of H-pyrrole nitrogens is 1. The summed E-state index contributed by atoms with van der Waals surface area (Å²) in [5.74, 6) is 0. The molecule has 0 aromatic carbocycles. The van der Waals surface area contributed by atoms with Gasteiger partial charge in [0.1, 0.15) is 0 Å². The van der Waals surface area contributed by atoms with Crippen LogP contribution in [0.1, 0.15) is 43.4 Å². The van der Waals surface area contributed by atoms with E-state index < -0.39 is 10.0 Å². The third-order valence-corrected chi connectivity index (χ3v) is 5.46. The van der Waals surface area contributed by atoms with E-state index in [-0.39, 0.29) is 11.6 Å². The van der Waals surface area contributed by atoms with E-state index in [9.17, 15) is 13.5 Å². The van der Waals surface area contributed by atoms with Crippen LogP contribution in [0.2, 0.25) is 0 Å². The van der Waals surface area contributed by atoms with Gasteiger partial charge in [-0.3, -0.25) is 5.10 Å². The lowest BCUT2D eigenvalue weighted by Gasteiger charge is -2.23. The number of hydrogen-bond donors (Lipinski definition) is 2. The summed E-state index contributed by atoms with van der Waals surface area (Å²) >= 11 is 0. The van der Waals surface area contributed by atoms with Crippen molar-refractivity contribution < 1.29 is 13.5 Å². The van der Waals surface area contributed by atoms with E-state index in [4.69, 9.17) is 0 Å². The Morgan fingerprint density at radius 1 is 1.21 bits per heavy atom. The minimum absolute atomic E-state index is 0.0203. The Balaban J connectivity index is 2.29. The molecule has 2 heterocycles. The summed E-state index contributed by atoms with van der Waals surface area (Å²) in [5.41, 5.74) is 0.982. The molecule has 0 spiro atoms. The number of aryl methyl sites for hydroxylation is 1. The van der Waals surface area contributed by atoms with Crippen molar-refractivity contribution in [1.29, 1.82) is 0 Å². The lowest BCUT2D eigenvalue weighted by Crippen LogP contribution is -2.34. The Hall–Kier alpha value is -0.920. The maximum Gasteiger partial charge on any atom is 0.262 e. The van der Waals surface area contributed by atoms with E-state index in [2.05, 4.69) is 10.2 Å². The number of rotatable bonds is 3. The van der Waals surface area contributed by atoms with Crippen molar-refractivity contribution in [1.82, 2.24) is 14.5 Å². The normalized spacial score (nSPS) is 19.1. The molecule has 1 aliphatic heterocycles. The van der Waals surface area contributed by atoms with Crippen LogP contribution in [0.4, 0.5) is 0 Å². The molecule has 1 aromatic rings. The van der Waals surface area contributed by atoms with Gasteiger partial charge in [-0.1, -0.05) is 19.3 Å². The molecule has 19 heavy (non-hydrogen) atoms. The molecule has 0 radical (unpaired) electrons. The monoisotopic (exact) mass is 287 g/mol. The van der Waals surface area contributed by atoms with Crippen LogP contribution in [-0.2, 0) is 16.6 Å². The predicted octanol–water partition coefficient (Wildman–Crippen LogP) is 1.17. The van der Waals surface area contributed by atoms with E-state index >= 15 is 0 Å². The average Bonchev–Trinajstić information content (AvgIpc) is 2.69. The number of sulfonamides is 1. The molecule has 0 aliphatic carbocycles. The largest absolute Gasteiger partial charge is 0.392 e. The molecule has 2 rings (SSSR count). The third kappa shape index (κ3) is 2.98. The Morgan fingerprint density at radius 3 is 2.37 bits per heavy atom. The Bertz CT molecular complexity index is 516. The second-order valence-corrected chi connectivity index (χ2v) is 6.82. The van der Waals surface area contributed by atoms with Gasteiger partial charge in [-0.15, -0.1) is 0 Å². The van der Waals surface area contributed by atoms with Gasteiger partial charge in [0.05, 0.1) is 6.61 Å². The molecule has 2 N–H and O–H groups in total. The van der Waals surface area contributed by atoms with Crippen molar-refractivity contribution in [2.45, 2.75) is 50.7 Å². The van der Waals surface area contributed by atoms with Crippen LogP contribution in [0.5, 0.6) is 0 Å². The topological polar surface area (TPSA) is 86.3 Å². The highest BCUT2D eigenvalue weighted by Gasteiger charge is 2.30. The molecule has 0 amide bonds. The fourth-order valence-corrected chi connectivity index (χ4v) is 4.08. The van der Waals surface area contributed by atoms with Crippen LogP contribution < -0.4 is 0 Å². The van der Waals surface area contributed by atoms with Crippen molar-refractivity contribution in [3.63, 3.8) is 0 Å². The zero-order valence-corrected chi connectivity index (χ0v) is 12.0. The van der Waals surface area contributed by atoms with Gasteiger partial charge < -0.3 is 5.11 Å². The molecule has 1 aromatic heterocycles. The van der Waals surface area contributed by atoms with E-state index in [1.54, 1.807) is 6.92 Å². The fraction of sp³-hybridized carbons (Fsp3) is 0.750. The van der Waals surface area contributed by atoms with Gasteiger partial charge in [-0.2, -0.15) is 9.40 Å². The van der Waals surface area contributed by atoms with E-state index in [1.807, 2.05) is 0 Å². The lowest BCUT2D eigenvalue weighted by atomic mass is 10.1. The number of aromatic nitrogens is 2. The molecule has 1 fully saturated rings. The molecule has 108 valence electrons. The summed E-state index contributed by atoms with van der Waals surface area (Å²) in [5, 5.41) is 15.8.